The summed E-state index contributed by atoms with van der Waals surface area (Å²) in [5.41, 5.74) is 3.44. The summed E-state index contributed by atoms with van der Waals surface area (Å²) in [6.45, 7) is 9.46. The molecule has 0 unspecified atom stereocenters. The Balaban J connectivity index is 1.14. The normalized spacial score (nSPS) is 11.2. The van der Waals surface area contributed by atoms with Crippen molar-refractivity contribution in [2.24, 2.45) is 0 Å². The van der Waals surface area contributed by atoms with Crippen molar-refractivity contribution in [1.82, 2.24) is 10.6 Å². The van der Waals surface area contributed by atoms with Gasteiger partial charge in [0.2, 0.25) is 0 Å². The van der Waals surface area contributed by atoms with Crippen LogP contribution >= 0.6 is 0 Å². The van der Waals surface area contributed by atoms with Gasteiger partial charge in [-0.15, -0.1) is 0 Å². The van der Waals surface area contributed by atoms with Crippen LogP contribution in [0.1, 0.15) is 64.5 Å². The van der Waals surface area contributed by atoms with Crippen LogP contribution < -0.4 is 20.1 Å². The molecule has 216 valence electrons. The molecule has 0 fully saturated rings. The highest BCUT2D eigenvalue weighted by Gasteiger charge is 2.10. The van der Waals surface area contributed by atoms with Crippen molar-refractivity contribution >= 4 is 22.6 Å². The number of amidine groups is 2. The molecule has 0 aliphatic rings. The molecule has 1 heterocycles. The van der Waals surface area contributed by atoms with E-state index in [-0.39, 0.29) is 12.1 Å². The SMILES string of the molecule is CC(C)NC(=N)c1ccc(OCCCCCCOc2ccc(-c3cc4ccc(C(=N)NC(C)C)cc4o3)cc2)cc1. The molecule has 0 aliphatic carbocycles. The van der Waals surface area contributed by atoms with E-state index in [0.29, 0.717) is 24.9 Å². The van der Waals surface area contributed by atoms with Gasteiger partial charge in [0, 0.05) is 34.2 Å². The van der Waals surface area contributed by atoms with Crippen molar-refractivity contribution in [2.75, 3.05) is 13.2 Å². The fourth-order valence-electron chi connectivity index (χ4n) is 4.44. The van der Waals surface area contributed by atoms with Gasteiger partial charge < -0.3 is 24.5 Å². The average Bonchev–Trinajstić information content (AvgIpc) is 3.38. The second-order valence-electron chi connectivity index (χ2n) is 10.9. The summed E-state index contributed by atoms with van der Waals surface area (Å²) >= 11 is 0. The molecular formula is C34H42N4O3. The van der Waals surface area contributed by atoms with Crippen LogP contribution in [0.15, 0.2) is 77.2 Å². The number of fused-ring (bicyclic) bond motifs is 1. The molecule has 41 heavy (non-hydrogen) atoms. The topological polar surface area (TPSA) is 103 Å². The molecule has 3 aromatic carbocycles. The van der Waals surface area contributed by atoms with E-state index in [2.05, 4.69) is 10.6 Å². The number of hydrogen-bond donors (Lipinski definition) is 4. The van der Waals surface area contributed by atoms with Crippen LogP contribution in [0.4, 0.5) is 0 Å². The maximum absolute atomic E-state index is 8.23. The van der Waals surface area contributed by atoms with E-state index in [4.69, 9.17) is 24.7 Å². The lowest BCUT2D eigenvalue weighted by atomic mass is 10.1. The Kier molecular flexibility index (Phi) is 10.4. The van der Waals surface area contributed by atoms with Crippen molar-refractivity contribution in [3.63, 3.8) is 0 Å². The second kappa shape index (κ2) is 14.4. The zero-order valence-electron chi connectivity index (χ0n) is 24.6. The van der Waals surface area contributed by atoms with Crippen molar-refractivity contribution in [1.29, 1.82) is 10.8 Å². The molecule has 4 N–H and O–H groups in total. The highest BCUT2D eigenvalue weighted by Crippen LogP contribution is 2.30. The summed E-state index contributed by atoms with van der Waals surface area (Å²) in [6, 6.07) is 24.0. The first-order valence-corrected chi connectivity index (χ1v) is 14.5. The molecule has 7 nitrogen and oxygen atoms in total. The van der Waals surface area contributed by atoms with Gasteiger partial charge >= 0.3 is 0 Å². The fraction of sp³-hybridized carbons (Fsp3) is 0.353. The van der Waals surface area contributed by atoms with Crippen LogP contribution in [0.5, 0.6) is 11.5 Å². The zero-order valence-corrected chi connectivity index (χ0v) is 24.6. The second-order valence-corrected chi connectivity index (χ2v) is 10.9. The third-order valence-electron chi connectivity index (χ3n) is 6.53. The van der Waals surface area contributed by atoms with Crippen LogP contribution in [0.2, 0.25) is 0 Å². The van der Waals surface area contributed by atoms with Gasteiger partial charge in [0.25, 0.3) is 0 Å². The van der Waals surface area contributed by atoms with Gasteiger partial charge in [-0.25, -0.2) is 0 Å². The maximum atomic E-state index is 8.23. The lowest BCUT2D eigenvalue weighted by molar-refractivity contribution is 0.287. The summed E-state index contributed by atoms with van der Waals surface area (Å²) in [5, 5.41) is 23.5. The van der Waals surface area contributed by atoms with Crippen LogP contribution in [-0.2, 0) is 0 Å². The van der Waals surface area contributed by atoms with Gasteiger partial charge in [0.1, 0.15) is 34.5 Å². The van der Waals surface area contributed by atoms with Crippen molar-refractivity contribution in [2.45, 2.75) is 65.5 Å². The number of furan rings is 1. The third kappa shape index (κ3) is 8.87. The Morgan fingerprint density at radius 3 is 1.73 bits per heavy atom. The highest BCUT2D eigenvalue weighted by atomic mass is 16.5. The molecule has 4 rings (SSSR count). The van der Waals surface area contributed by atoms with Gasteiger partial charge in [0.15, 0.2) is 0 Å². The Hall–Kier alpha value is -4.26. The van der Waals surface area contributed by atoms with Crippen molar-refractivity contribution in [3.05, 3.63) is 83.9 Å². The first-order valence-electron chi connectivity index (χ1n) is 14.5. The van der Waals surface area contributed by atoms with Crippen molar-refractivity contribution < 1.29 is 13.9 Å². The molecular weight excluding hydrogens is 512 g/mol. The predicted molar refractivity (Wildman–Crippen MR) is 168 cm³/mol. The zero-order chi connectivity index (χ0) is 29.2. The first-order chi connectivity index (χ1) is 19.8. The predicted octanol–water partition coefficient (Wildman–Crippen LogP) is 7.76. The van der Waals surface area contributed by atoms with Crippen LogP contribution in [0.25, 0.3) is 22.3 Å². The van der Waals surface area contributed by atoms with Crippen LogP contribution in [0, 0.1) is 10.8 Å². The summed E-state index contributed by atoms with van der Waals surface area (Å²) in [6.07, 6.45) is 4.16. The maximum Gasteiger partial charge on any atom is 0.135 e. The summed E-state index contributed by atoms with van der Waals surface area (Å²) in [5.74, 6) is 3.32. The molecule has 0 saturated carbocycles. The molecule has 1 aromatic heterocycles. The lowest BCUT2D eigenvalue weighted by Crippen LogP contribution is -2.30. The van der Waals surface area contributed by atoms with E-state index in [1.807, 2.05) is 100 Å². The average molecular weight is 555 g/mol. The van der Waals surface area contributed by atoms with Gasteiger partial charge in [-0.05, 0) is 114 Å². The molecule has 0 atom stereocenters. The quantitative estimate of drug-likeness (QED) is 0.0724. The largest absolute Gasteiger partial charge is 0.494 e. The lowest BCUT2D eigenvalue weighted by Gasteiger charge is -2.12. The molecule has 7 heteroatoms. The number of unbranched alkanes of at least 4 members (excludes halogenated alkanes) is 3. The number of benzene rings is 3. The van der Waals surface area contributed by atoms with Gasteiger partial charge in [-0.1, -0.05) is 12.1 Å². The smallest absolute Gasteiger partial charge is 0.135 e. The minimum Gasteiger partial charge on any atom is -0.494 e. The summed E-state index contributed by atoms with van der Waals surface area (Å²) in [7, 11) is 0. The standard InChI is InChI=1S/C34H42N4O3/c1-23(2)37-33(35)26-13-17-30(18-14-26)40-20-8-6-5-7-19-39-29-15-11-25(12-16-29)31-21-27-9-10-28(22-32(27)41-31)34(36)38-24(3)4/h9-18,21-24H,5-8,19-20H2,1-4H3,(H2,35,37)(H2,36,38). The van der Waals surface area contributed by atoms with Gasteiger partial charge in [0.05, 0.1) is 13.2 Å². The van der Waals surface area contributed by atoms with Crippen molar-refractivity contribution in [3.8, 4) is 22.8 Å². The third-order valence-corrected chi connectivity index (χ3v) is 6.53. The van der Waals surface area contributed by atoms with E-state index in [1.165, 1.54) is 0 Å². The Morgan fingerprint density at radius 2 is 1.17 bits per heavy atom. The van der Waals surface area contributed by atoms with E-state index < -0.39 is 0 Å². The molecule has 0 amide bonds. The molecule has 0 saturated heterocycles. The first kappa shape index (κ1) is 29.7. The Morgan fingerprint density at radius 1 is 0.659 bits per heavy atom. The van der Waals surface area contributed by atoms with E-state index in [0.717, 1.165) is 70.6 Å². The molecule has 0 aliphatic heterocycles. The summed E-state index contributed by atoms with van der Waals surface area (Å²) < 4.78 is 17.9. The Labute approximate surface area is 243 Å². The number of rotatable bonds is 14. The molecule has 0 spiro atoms. The molecule has 0 radical (unpaired) electrons. The highest BCUT2D eigenvalue weighted by molar-refractivity contribution is 6.00. The van der Waals surface area contributed by atoms with Crippen LogP contribution in [0.3, 0.4) is 0 Å². The van der Waals surface area contributed by atoms with Crippen LogP contribution in [-0.4, -0.2) is 37.0 Å². The minimum absolute atomic E-state index is 0.205. The van der Waals surface area contributed by atoms with E-state index in [9.17, 15) is 0 Å². The molecule has 0 bridgehead atoms. The number of nitrogens with one attached hydrogen (secondary N) is 4. The number of ether oxygens (including phenoxy) is 2. The van der Waals surface area contributed by atoms with E-state index >= 15 is 0 Å². The monoisotopic (exact) mass is 554 g/mol. The number of hydrogen-bond acceptors (Lipinski definition) is 5. The fourth-order valence-corrected chi connectivity index (χ4v) is 4.44. The molecule has 4 aromatic rings. The Bertz CT molecular complexity index is 1420. The van der Waals surface area contributed by atoms with E-state index in [1.54, 1.807) is 0 Å². The minimum atomic E-state index is 0.205. The summed E-state index contributed by atoms with van der Waals surface area (Å²) in [4.78, 5) is 0. The van der Waals surface area contributed by atoms with Gasteiger partial charge in [-0.3, -0.25) is 10.8 Å². The van der Waals surface area contributed by atoms with Gasteiger partial charge in [-0.2, -0.15) is 0 Å².